The summed E-state index contributed by atoms with van der Waals surface area (Å²) < 4.78 is 33.4. The molecule has 0 fully saturated rings. The van der Waals surface area contributed by atoms with Gasteiger partial charge in [0, 0.05) is 5.25 Å². The Labute approximate surface area is 191 Å². The molecule has 2 atom stereocenters. The maximum Gasteiger partial charge on any atom is 1.00 e. The molecule has 27 heavy (non-hydrogen) atoms. The quantitative estimate of drug-likeness (QED) is 0.200. The zero-order valence-electron chi connectivity index (χ0n) is 18.3. The van der Waals surface area contributed by atoms with Crippen molar-refractivity contribution in [3.63, 3.8) is 0 Å². The van der Waals surface area contributed by atoms with Gasteiger partial charge in [0.1, 0.15) is 0 Å². The van der Waals surface area contributed by atoms with Crippen LogP contribution in [0.3, 0.4) is 0 Å². The Bertz CT molecular complexity index is 401. The monoisotopic (exact) mass is 414 g/mol. The molecule has 0 amide bonds. The Morgan fingerprint density at radius 3 is 1.48 bits per heavy atom. The van der Waals surface area contributed by atoms with Crippen molar-refractivity contribution in [1.82, 2.24) is 0 Å². The van der Waals surface area contributed by atoms with Crippen LogP contribution in [0.2, 0.25) is 0 Å². The molecular formula is C21H43NaO4S. The predicted molar refractivity (Wildman–Crippen MR) is 109 cm³/mol. The minimum Gasteiger partial charge on any atom is -0.748 e. The summed E-state index contributed by atoms with van der Waals surface area (Å²) in [6.45, 7) is 4.11. The number of aliphatic hydroxyl groups excluding tert-OH is 1. The van der Waals surface area contributed by atoms with Gasteiger partial charge in [-0.3, -0.25) is 0 Å². The predicted octanol–water partition coefficient (Wildman–Crippen LogP) is 2.94. The van der Waals surface area contributed by atoms with Gasteiger partial charge in [0.05, 0.1) is 16.2 Å². The van der Waals surface area contributed by atoms with Gasteiger partial charge >= 0.3 is 29.6 Å². The average Bonchev–Trinajstić information content (AvgIpc) is 2.58. The number of unbranched alkanes of at least 4 members (excludes halogenated alkanes) is 10. The second-order valence-corrected chi connectivity index (χ2v) is 9.46. The molecule has 0 aromatic rings. The standard InChI is InChI=1S/C21H44O4S.Na/c1-3-5-13-17-20(22)18-14-11-9-7-6-8-10-12-15-19-21(16-4-2)26(23,24)25;/h20-22H,3-19H2,1-2H3,(H,23,24,25);/q;+1/p-1. The van der Waals surface area contributed by atoms with Crippen molar-refractivity contribution in [2.75, 3.05) is 0 Å². The second-order valence-electron chi connectivity index (χ2n) is 7.81. The van der Waals surface area contributed by atoms with E-state index < -0.39 is 15.4 Å². The van der Waals surface area contributed by atoms with Gasteiger partial charge in [0.2, 0.25) is 0 Å². The van der Waals surface area contributed by atoms with Crippen molar-refractivity contribution in [2.45, 2.75) is 134 Å². The molecule has 6 heteroatoms. The molecule has 0 aromatic heterocycles. The number of hydrogen-bond acceptors (Lipinski definition) is 4. The summed E-state index contributed by atoms with van der Waals surface area (Å²) in [5, 5.41) is 9.19. The Morgan fingerprint density at radius 1 is 0.667 bits per heavy atom. The van der Waals surface area contributed by atoms with Crippen LogP contribution in [0.5, 0.6) is 0 Å². The summed E-state index contributed by atoms with van der Waals surface area (Å²) in [5.41, 5.74) is 0. The fourth-order valence-electron chi connectivity index (χ4n) is 3.52. The molecular weight excluding hydrogens is 371 g/mol. The Hall–Kier alpha value is 0.870. The third kappa shape index (κ3) is 19.9. The Kier molecular flexibility index (Phi) is 22.4. The average molecular weight is 415 g/mol. The summed E-state index contributed by atoms with van der Waals surface area (Å²) in [5.74, 6) is 0. The van der Waals surface area contributed by atoms with Gasteiger partial charge in [-0.1, -0.05) is 97.3 Å². The van der Waals surface area contributed by atoms with E-state index in [4.69, 9.17) is 0 Å². The molecule has 1 N–H and O–H groups in total. The molecule has 0 aliphatic heterocycles. The molecule has 0 spiro atoms. The normalized spacial score (nSPS) is 13.9. The van der Waals surface area contributed by atoms with Crippen LogP contribution in [-0.4, -0.2) is 29.4 Å². The minimum absolute atomic E-state index is 0. The zero-order chi connectivity index (χ0) is 19.7. The van der Waals surface area contributed by atoms with Crippen molar-refractivity contribution in [3.05, 3.63) is 0 Å². The molecule has 2 unspecified atom stereocenters. The molecule has 0 saturated heterocycles. The van der Waals surface area contributed by atoms with Gasteiger partial charge in [0.15, 0.2) is 0 Å². The van der Waals surface area contributed by atoms with E-state index in [0.717, 1.165) is 51.4 Å². The summed E-state index contributed by atoms with van der Waals surface area (Å²) in [6, 6.07) is 0. The zero-order valence-corrected chi connectivity index (χ0v) is 21.1. The molecule has 0 bridgehead atoms. The summed E-state index contributed by atoms with van der Waals surface area (Å²) in [7, 11) is -4.12. The smallest absolute Gasteiger partial charge is 0.748 e. The van der Waals surface area contributed by atoms with E-state index in [1.54, 1.807) is 0 Å². The first-order chi connectivity index (χ1) is 12.4. The third-order valence-electron chi connectivity index (χ3n) is 5.22. The maximum atomic E-state index is 11.1. The van der Waals surface area contributed by atoms with Gasteiger partial charge in [-0.05, 0) is 25.7 Å². The van der Waals surface area contributed by atoms with E-state index in [0.29, 0.717) is 12.8 Å². The molecule has 0 aliphatic rings. The van der Waals surface area contributed by atoms with Crippen molar-refractivity contribution >= 4 is 10.1 Å². The van der Waals surface area contributed by atoms with E-state index in [1.807, 2.05) is 6.92 Å². The van der Waals surface area contributed by atoms with Crippen LogP contribution >= 0.6 is 0 Å². The van der Waals surface area contributed by atoms with Crippen molar-refractivity contribution in [2.24, 2.45) is 0 Å². The van der Waals surface area contributed by atoms with Gasteiger partial charge < -0.3 is 9.66 Å². The Balaban J connectivity index is 0. The van der Waals surface area contributed by atoms with Crippen LogP contribution in [0.4, 0.5) is 0 Å². The first kappa shape index (κ1) is 30.1. The van der Waals surface area contributed by atoms with E-state index in [2.05, 4.69) is 6.92 Å². The van der Waals surface area contributed by atoms with Crippen LogP contribution in [-0.2, 0) is 10.1 Å². The molecule has 0 rings (SSSR count). The van der Waals surface area contributed by atoms with Crippen LogP contribution in [0.15, 0.2) is 0 Å². The molecule has 0 radical (unpaired) electrons. The molecule has 4 nitrogen and oxygen atoms in total. The van der Waals surface area contributed by atoms with E-state index in [9.17, 15) is 18.1 Å². The number of aliphatic hydroxyl groups is 1. The summed E-state index contributed by atoms with van der Waals surface area (Å²) in [6.07, 6.45) is 17.5. The van der Waals surface area contributed by atoms with Crippen LogP contribution in [0, 0.1) is 0 Å². The van der Waals surface area contributed by atoms with Crippen molar-refractivity contribution in [3.8, 4) is 0 Å². The summed E-state index contributed by atoms with van der Waals surface area (Å²) >= 11 is 0. The molecule has 0 heterocycles. The third-order valence-corrected chi connectivity index (χ3v) is 6.51. The molecule has 0 aliphatic carbocycles. The first-order valence-corrected chi connectivity index (χ1v) is 12.5. The van der Waals surface area contributed by atoms with Gasteiger partial charge in [-0.15, -0.1) is 0 Å². The molecule has 158 valence electrons. The Morgan fingerprint density at radius 2 is 1.07 bits per heavy atom. The second kappa shape index (κ2) is 20.2. The fraction of sp³-hybridized carbons (Fsp3) is 1.00. The first-order valence-electron chi connectivity index (χ1n) is 11.0. The molecule has 0 saturated carbocycles. The molecule has 0 aromatic carbocycles. The maximum absolute atomic E-state index is 11.1. The van der Waals surface area contributed by atoms with Gasteiger partial charge in [-0.2, -0.15) is 0 Å². The number of rotatable bonds is 19. The van der Waals surface area contributed by atoms with E-state index >= 15 is 0 Å². The van der Waals surface area contributed by atoms with Gasteiger partial charge in [0.25, 0.3) is 0 Å². The number of hydrogen-bond donors (Lipinski definition) is 1. The van der Waals surface area contributed by atoms with E-state index in [1.165, 1.54) is 44.9 Å². The van der Waals surface area contributed by atoms with E-state index in [-0.39, 0.29) is 35.7 Å². The summed E-state index contributed by atoms with van der Waals surface area (Å²) in [4.78, 5) is 0. The van der Waals surface area contributed by atoms with Crippen LogP contribution in [0.25, 0.3) is 0 Å². The largest absolute Gasteiger partial charge is 1.00 e. The van der Waals surface area contributed by atoms with Gasteiger partial charge in [-0.25, -0.2) is 8.42 Å². The SMILES string of the molecule is CCCCCC(O)CCCCCCCCCCCC(CCC)S(=O)(=O)[O-].[Na+]. The van der Waals surface area contributed by atoms with Crippen molar-refractivity contribution in [1.29, 1.82) is 0 Å². The minimum atomic E-state index is -4.12. The van der Waals surface area contributed by atoms with Crippen LogP contribution in [0.1, 0.15) is 123 Å². The topological polar surface area (TPSA) is 77.4 Å². The van der Waals surface area contributed by atoms with Crippen molar-refractivity contribution < 1.29 is 47.6 Å². The fourth-order valence-corrected chi connectivity index (χ4v) is 4.50. The van der Waals surface area contributed by atoms with Crippen LogP contribution < -0.4 is 29.6 Å².